The Morgan fingerprint density at radius 1 is 1.35 bits per heavy atom. The second-order valence-corrected chi connectivity index (χ2v) is 7.01. The first kappa shape index (κ1) is 17.6. The molecule has 2 saturated heterocycles. The summed E-state index contributed by atoms with van der Waals surface area (Å²) in [5.74, 6) is -1.19. The number of likely N-dealkylation sites (N-methyl/N-ethyl adjacent to an activating group) is 1. The molecule has 0 spiro atoms. The van der Waals surface area contributed by atoms with Crippen LogP contribution in [-0.2, 0) is 23.8 Å². The fraction of sp³-hybridized carbons (Fsp3) is 0.562. The average molecular weight is 383 g/mol. The van der Waals surface area contributed by atoms with Crippen LogP contribution < -0.4 is 0 Å². The summed E-state index contributed by atoms with van der Waals surface area (Å²) in [7, 11) is 2.93. The van der Waals surface area contributed by atoms with Crippen LogP contribution in [0.15, 0.2) is 18.6 Å². The fourth-order valence-corrected chi connectivity index (χ4v) is 3.61. The molecular formula is C16H19ClN4O5. The van der Waals surface area contributed by atoms with Gasteiger partial charge in [-0.25, -0.2) is 15.0 Å². The van der Waals surface area contributed by atoms with Crippen LogP contribution in [0.1, 0.15) is 20.1 Å². The maximum Gasteiger partial charge on any atom is 0.277 e. The maximum atomic E-state index is 12.6. The lowest BCUT2D eigenvalue weighted by atomic mass is 10.1. The van der Waals surface area contributed by atoms with Crippen LogP contribution in [0, 0.1) is 0 Å². The van der Waals surface area contributed by atoms with Crippen molar-refractivity contribution in [2.24, 2.45) is 0 Å². The van der Waals surface area contributed by atoms with Gasteiger partial charge >= 0.3 is 0 Å². The molecule has 4 heterocycles. The summed E-state index contributed by atoms with van der Waals surface area (Å²) >= 11 is 6.13. The predicted molar refractivity (Wildman–Crippen MR) is 90.1 cm³/mol. The van der Waals surface area contributed by atoms with Gasteiger partial charge in [-0.05, 0) is 19.9 Å². The van der Waals surface area contributed by atoms with Crippen molar-refractivity contribution >= 4 is 28.5 Å². The summed E-state index contributed by atoms with van der Waals surface area (Å²) in [5.41, 5.74) is 0.593. The van der Waals surface area contributed by atoms with Crippen molar-refractivity contribution in [1.29, 1.82) is 0 Å². The fourth-order valence-electron chi connectivity index (χ4n) is 3.41. The van der Waals surface area contributed by atoms with E-state index in [0.717, 1.165) is 5.06 Å². The summed E-state index contributed by atoms with van der Waals surface area (Å²) in [6, 6.07) is 1.80. The number of nitrogens with zero attached hydrogens (tertiary/aromatic N) is 4. The van der Waals surface area contributed by atoms with Gasteiger partial charge in [-0.2, -0.15) is 0 Å². The second-order valence-electron chi connectivity index (χ2n) is 6.66. The number of halogens is 1. The summed E-state index contributed by atoms with van der Waals surface area (Å²) in [6.07, 6.45) is 0.624. The third-order valence-electron chi connectivity index (χ3n) is 4.59. The van der Waals surface area contributed by atoms with Gasteiger partial charge in [-0.15, -0.1) is 0 Å². The number of fused-ring (bicyclic) bond motifs is 2. The zero-order chi connectivity index (χ0) is 18.6. The van der Waals surface area contributed by atoms with E-state index in [1.54, 1.807) is 30.7 Å². The highest BCUT2D eigenvalue weighted by Gasteiger charge is 2.58. The van der Waals surface area contributed by atoms with E-state index in [-0.39, 0.29) is 5.91 Å². The number of rotatable bonds is 3. The normalized spacial score (nSPS) is 29.9. The van der Waals surface area contributed by atoms with Crippen molar-refractivity contribution in [1.82, 2.24) is 19.6 Å². The number of hydrogen-bond donors (Lipinski definition) is 0. The lowest BCUT2D eigenvalue weighted by Gasteiger charge is -2.26. The monoisotopic (exact) mass is 382 g/mol. The highest BCUT2D eigenvalue weighted by atomic mass is 35.5. The molecule has 2 fully saturated rings. The first-order chi connectivity index (χ1) is 12.3. The summed E-state index contributed by atoms with van der Waals surface area (Å²) in [4.78, 5) is 25.9. The van der Waals surface area contributed by atoms with Crippen LogP contribution >= 0.6 is 11.6 Å². The molecular weight excluding hydrogens is 364 g/mol. The molecule has 10 heteroatoms. The number of carbonyl (C=O) groups is 1. The van der Waals surface area contributed by atoms with Gasteiger partial charge in [0, 0.05) is 13.2 Å². The van der Waals surface area contributed by atoms with Gasteiger partial charge in [0.1, 0.15) is 29.3 Å². The molecule has 140 valence electrons. The minimum atomic E-state index is -0.869. The van der Waals surface area contributed by atoms with Crippen LogP contribution in [0.25, 0.3) is 11.0 Å². The van der Waals surface area contributed by atoms with Crippen molar-refractivity contribution in [2.45, 2.75) is 44.2 Å². The van der Waals surface area contributed by atoms with E-state index in [9.17, 15) is 4.79 Å². The van der Waals surface area contributed by atoms with Crippen LogP contribution in [0.3, 0.4) is 0 Å². The zero-order valence-corrected chi connectivity index (χ0v) is 15.5. The maximum absolute atomic E-state index is 12.6. The lowest BCUT2D eigenvalue weighted by Crippen LogP contribution is -2.43. The van der Waals surface area contributed by atoms with E-state index in [2.05, 4.69) is 9.97 Å². The molecule has 1 amide bonds. The Labute approximate surface area is 154 Å². The van der Waals surface area contributed by atoms with E-state index >= 15 is 0 Å². The van der Waals surface area contributed by atoms with Gasteiger partial charge in [-0.1, -0.05) is 11.6 Å². The van der Waals surface area contributed by atoms with Crippen molar-refractivity contribution in [3.05, 3.63) is 23.7 Å². The SMILES string of the molecule is CON(C)C(=O)C1O[C@@H](n2ccc3c(Cl)ncnc32)[C@@H]2OC(C)(C)O[C@H]12. The number of aromatic nitrogens is 3. The Morgan fingerprint density at radius 3 is 2.81 bits per heavy atom. The number of amides is 1. The third-order valence-corrected chi connectivity index (χ3v) is 4.89. The first-order valence-electron chi connectivity index (χ1n) is 8.12. The van der Waals surface area contributed by atoms with Crippen LogP contribution in [0.5, 0.6) is 0 Å². The van der Waals surface area contributed by atoms with Crippen molar-refractivity contribution in [3.63, 3.8) is 0 Å². The highest BCUT2D eigenvalue weighted by Crippen LogP contribution is 2.44. The van der Waals surface area contributed by atoms with E-state index in [1.165, 1.54) is 20.5 Å². The molecule has 4 atom stereocenters. The number of hydroxylamine groups is 2. The van der Waals surface area contributed by atoms with Crippen LogP contribution in [0.2, 0.25) is 5.15 Å². The first-order valence-corrected chi connectivity index (χ1v) is 8.50. The summed E-state index contributed by atoms with van der Waals surface area (Å²) in [5, 5.41) is 2.15. The summed E-state index contributed by atoms with van der Waals surface area (Å²) in [6.45, 7) is 3.60. The molecule has 0 N–H and O–H groups in total. The Hall–Kier alpha value is -1.78. The molecule has 2 aromatic heterocycles. The van der Waals surface area contributed by atoms with Gasteiger partial charge in [-0.3, -0.25) is 9.63 Å². The molecule has 4 rings (SSSR count). The minimum absolute atomic E-state index is 0.346. The molecule has 0 radical (unpaired) electrons. The molecule has 0 aliphatic carbocycles. The molecule has 9 nitrogen and oxygen atoms in total. The topological polar surface area (TPSA) is 87.9 Å². The molecule has 2 aliphatic rings. The van der Waals surface area contributed by atoms with Gasteiger partial charge in [0.2, 0.25) is 0 Å². The van der Waals surface area contributed by atoms with Gasteiger partial charge in [0.25, 0.3) is 5.91 Å². The molecule has 2 aromatic rings. The quantitative estimate of drug-likeness (QED) is 0.587. The Morgan fingerprint density at radius 2 is 2.08 bits per heavy atom. The highest BCUT2D eigenvalue weighted by molar-refractivity contribution is 6.33. The lowest BCUT2D eigenvalue weighted by molar-refractivity contribution is -0.211. The van der Waals surface area contributed by atoms with Crippen LogP contribution in [-0.4, -0.2) is 63.8 Å². The molecule has 26 heavy (non-hydrogen) atoms. The van der Waals surface area contributed by atoms with Crippen molar-refractivity contribution in [3.8, 4) is 0 Å². The molecule has 0 bridgehead atoms. The molecule has 2 aliphatic heterocycles. The Bertz CT molecular complexity index is 856. The Balaban J connectivity index is 1.74. The van der Waals surface area contributed by atoms with Gasteiger partial charge < -0.3 is 18.8 Å². The second kappa shape index (κ2) is 6.14. The molecule has 0 saturated carbocycles. The zero-order valence-electron chi connectivity index (χ0n) is 14.7. The third kappa shape index (κ3) is 2.67. The number of ether oxygens (including phenoxy) is 3. The smallest absolute Gasteiger partial charge is 0.277 e. The van der Waals surface area contributed by atoms with Crippen LogP contribution in [0.4, 0.5) is 0 Å². The predicted octanol–water partition coefficient (Wildman–Crippen LogP) is 1.52. The van der Waals surface area contributed by atoms with Gasteiger partial charge in [0.15, 0.2) is 18.1 Å². The van der Waals surface area contributed by atoms with E-state index < -0.39 is 30.3 Å². The standard InChI is InChI=1S/C16H19ClN4O5/c1-16(2)25-9-10(14(22)20(3)23-4)24-15(11(9)26-16)21-6-5-8-12(17)18-7-19-13(8)21/h5-7,9-11,15H,1-4H3/t9-,10?,11-,15-/m1/s1. The Kier molecular flexibility index (Phi) is 4.16. The van der Waals surface area contributed by atoms with Crippen molar-refractivity contribution in [2.75, 3.05) is 14.2 Å². The average Bonchev–Trinajstić information content (AvgIpc) is 3.24. The van der Waals surface area contributed by atoms with E-state index in [0.29, 0.717) is 16.2 Å². The molecule has 0 aromatic carbocycles. The number of carbonyl (C=O) groups excluding carboxylic acids is 1. The molecule has 1 unspecified atom stereocenters. The van der Waals surface area contributed by atoms with E-state index in [1.807, 2.05) is 0 Å². The summed E-state index contributed by atoms with van der Waals surface area (Å²) < 4.78 is 19.8. The number of hydrogen-bond acceptors (Lipinski definition) is 7. The van der Waals surface area contributed by atoms with E-state index in [4.69, 9.17) is 30.6 Å². The minimum Gasteiger partial charge on any atom is -0.341 e. The largest absolute Gasteiger partial charge is 0.341 e. The van der Waals surface area contributed by atoms with Gasteiger partial charge in [0.05, 0.1) is 12.5 Å². The van der Waals surface area contributed by atoms with Crippen molar-refractivity contribution < 1.29 is 23.8 Å².